The van der Waals surface area contributed by atoms with Crippen LogP contribution in [0.15, 0.2) is 24.3 Å². The van der Waals surface area contributed by atoms with Gasteiger partial charge in [-0.25, -0.2) is 14.4 Å². The average molecular weight is 259 g/mol. The minimum Gasteiger partial charge on any atom is -0.370 e. The number of anilines is 1. The van der Waals surface area contributed by atoms with E-state index >= 15 is 0 Å². The van der Waals surface area contributed by atoms with Crippen molar-refractivity contribution in [3.63, 3.8) is 0 Å². The smallest absolute Gasteiger partial charge is 0.161 e. The van der Waals surface area contributed by atoms with E-state index < -0.39 is 0 Å². The fraction of sp³-hybridized carbons (Fsp3) is 0.333. The Morgan fingerprint density at radius 3 is 2.63 bits per heavy atom. The van der Waals surface area contributed by atoms with Gasteiger partial charge in [0.15, 0.2) is 5.82 Å². The van der Waals surface area contributed by atoms with Crippen molar-refractivity contribution in [1.82, 2.24) is 9.97 Å². The summed E-state index contributed by atoms with van der Waals surface area (Å²) in [5, 5.41) is 3.23. The van der Waals surface area contributed by atoms with Crippen molar-refractivity contribution < 1.29 is 4.39 Å². The van der Waals surface area contributed by atoms with Crippen molar-refractivity contribution in [1.29, 1.82) is 0 Å². The molecule has 4 heteroatoms. The summed E-state index contributed by atoms with van der Waals surface area (Å²) in [6.45, 7) is 6.88. The van der Waals surface area contributed by atoms with E-state index in [2.05, 4.69) is 22.2 Å². The van der Waals surface area contributed by atoms with Crippen LogP contribution < -0.4 is 5.32 Å². The Bertz CT molecular complexity index is 582. The molecule has 100 valence electrons. The van der Waals surface area contributed by atoms with Gasteiger partial charge < -0.3 is 5.32 Å². The number of nitrogens with one attached hydrogen (secondary N) is 1. The van der Waals surface area contributed by atoms with Crippen LogP contribution in [0, 0.1) is 12.7 Å². The van der Waals surface area contributed by atoms with E-state index in [-0.39, 0.29) is 5.82 Å². The Morgan fingerprint density at radius 2 is 2.00 bits per heavy atom. The maximum atomic E-state index is 13.3. The number of aryl methyl sites for hydroxylation is 1. The van der Waals surface area contributed by atoms with Crippen LogP contribution in [0.1, 0.15) is 25.1 Å². The largest absolute Gasteiger partial charge is 0.370 e. The minimum atomic E-state index is -0.273. The standard InChI is InChI=1S/C15H18FN3/c1-4-13-10(3)14(17-5-2)19-15(18-13)11-7-6-8-12(16)9-11/h6-9H,4-5H2,1-3H3,(H,17,18,19). The van der Waals surface area contributed by atoms with Gasteiger partial charge in [-0.15, -0.1) is 0 Å². The van der Waals surface area contributed by atoms with Crippen LogP contribution in [0.5, 0.6) is 0 Å². The Morgan fingerprint density at radius 1 is 1.21 bits per heavy atom. The van der Waals surface area contributed by atoms with E-state index in [9.17, 15) is 4.39 Å². The number of aromatic nitrogens is 2. The first-order valence-electron chi connectivity index (χ1n) is 6.53. The van der Waals surface area contributed by atoms with Gasteiger partial charge in [-0.2, -0.15) is 0 Å². The fourth-order valence-corrected chi connectivity index (χ4v) is 2.00. The fourth-order valence-electron chi connectivity index (χ4n) is 2.00. The highest BCUT2D eigenvalue weighted by Gasteiger charge is 2.11. The van der Waals surface area contributed by atoms with Crippen LogP contribution in [0.25, 0.3) is 11.4 Å². The van der Waals surface area contributed by atoms with Gasteiger partial charge in [0.05, 0.1) is 0 Å². The van der Waals surface area contributed by atoms with Gasteiger partial charge in [-0.05, 0) is 32.4 Å². The Balaban J connectivity index is 2.54. The van der Waals surface area contributed by atoms with Gasteiger partial charge in [0.2, 0.25) is 0 Å². The highest BCUT2D eigenvalue weighted by Crippen LogP contribution is 2.22. The molecule has 1 N–H and O–H groups in total. The SMILES string of the molecule is CCNc1nc(-c2cccc(F)c2)nc(CC)c1C. The molecule has 2 aromatic rings. The van der Waals surface area contributed by atoms with Crippen molar-refractivity contribution in [2.24, 2.45) is 0 Å². The molecule has 0 amide bonds. The molecule has 0 fully saturated rings. The molecule has 19 heavy (non-hydrogen) atoms. The summed E-state index contributed by atoms with van der Waals surface area (Å²) >= 11 is 0. The molecule has 1 heterocycles. The first-order chi connectivity index (χ1) is 9.15. The lowest BCUT2D eigenvalue weighted by Gasteiger charge is -2.12. The predicted octanol–water partition coefficient (Wildman–Crippen LogP) is 3.59. The second-order valence-electron chi connectivity index (χ2n) is 4.36. The molecule has 1 aromatic carbocycles. The van der Waals surface area contributed by atoms with Crippen molar-refractivity contribution in [3.8, 4) is 11.4 Å². The number of benzene rings is 1. The Kier molecular flexibility index (Phi) is 4.10. The first kappa shape index (κ1) is 13.5. The lowest BCUT2D eigenvalue weighted by Crippen LogP contribution is -2.07. The van der Waals surface area contributed by atoms with Crippen molar-refractivity contribution >= 4 is 5.82 Å². The molecule has 0 aliphatic heterocycles. The van der Waals surface area contributed by atoms with E-state index in [1.807, 2.05) is 19.9 Å². The zero-order chi connectivity index (χ0) is 13.8. The maximum absolute atomic E-state index is 13.3. The van der Waals surface area contributed by atoms with Crippen LogP contribution in [-0.2, 0) is 6.42 Å². The van der Waals surface area contributed by atoms with Crippen LogP contribution >= 0.6 is 0 Å². The van der Waals surface area contributed by atoms with Gasteiger partial charge >= 0.3 is 0 Å². The van der Waals surface area contributed by atoms with E-state index in [1.165, 1.54) is 12.1 Å². The molecule has 0 aliphatic rings. The Labute approximate surface area is 112 Å². The first-order valence-corrected chi connectivity index (χ1v) is 6.53. The molecule has 0 unspecified atom stereocenters. The van der Waals surface area contributed by atoms with E-state index in [0.29, 0.717) is 11.4 Å². The molecule has 0 atom stereocenters. The monoisotopic (exact) mass is 259 g/mol. The Hall–Kier alpha value is -1.97. The van der Waals surface area contributed by atoms with Crippen molar-refractivity contribution in [2.75, 3.05) is 11.9 Å². The number of hydrogen-bond donors (Lipinski definition) is 1. The minimum absolute atomic E-state index is 0.273. The third-order valence-electron chi connectivity index (χ3n) is 3.01. The van der Waals surface area contributed by atoms with Gasteiger partial charge in [0.1, 0.15) is 11.6 Å². The number of rotatable bonds is 4. The van der Waals surface area contributed by atoms with Crippen molar-refractivity contribution in [3.05, 3.63) is 41.3 Å². The molecular weight excluding hydrogens is 241 g/mol. The summed E-state index contributed by atoms with van der Waals surface area (Å²) < 4.78 is 13.3. The average Bonchev–Trinajstić information content (AvgIpc) is 2.41. The van der Waals surface area contributed by atoms with Crippen molar-refractivity contribution in [2.45, 2.75) is 27.2 Å². The quantitative estimate of drug-likeness (QED) is 0.911. The molecule has 0 bridgehead atoms. The lowest BCUT2D eigenvalue weighted by molar-refractivity contribution is 0.628. The highest BCUT2D eigenvalue weighted by molar-refractivity contribution is 5.59. The number of hydrogen-bond acceptors (Lipinski definition) is 3. The van der Waals surface area contributed by atoms with E-state index in [1.54, 1.807) is 6.07 Å². The molecule has 2 rings (SSSR count). The summed E-state index contributed by atoms with van der Waals surface area (Å²) in [7, 11) is 0. The zero-order valence-corrected chi connectivity index (χ0v) is 11.5. The van der Waals surface area contributed by atoms with Gasteiger partial charge in [0.25, 0.3) is 0 Å². The number of nitrogens with zero attached hydrogens (tertiary/aromatic N) is 2. The highest BCUT2D eigenvalue weighted by atomic mass is 19.1. The summed E-state index contributed by atoms with van der Waals surface area (Å²) in [6, 6.07) is 6.37. The van der Waals surface area contributed by atoms with Crippen LogP contribution in [-0.4, -0.2) is 16.5 Å². The van der Waals surface area contributed by atoms with Crippen LogP contribution in [0.3, 0.4) is 0 Å². The topological polar surface area (TPSA) is 37.8 Å². The second-order valence-corrected chi connectivity index (χ2v) is 4.36. The molecule has 0 saturated carbocycles. The van der Waals surface area contributed by atoms with Gasteiger partial charge in [0, 0.05) is 23.4 Å². The second kappa shape index (κ2) is 5.78. The van der Waals surface area contributed by atoms with Crippen LogP contribution in [0.2, 0.25) is 0 Å². The predicted molar refractivity (Wildman–Crippen MR) is 75.7 cm³/mol. The summed E-state index contributed by atoms with van der Waals surface area (Å²) in [6.07, 6.45) is 0.828. The molecule has 0 saturated heterocycles. The molecule has 0 aliphatic carbocycles. The van der Waals surface area contributed by atoms with E-state index in [4.69, 9.17) is 0 Å². The van der Waals surface area contributed by atoms with E-state index in [0.717, 1.165) is 30.0 Å². The number of halogens is 1. The molecular formula is C15H18FN3. The van der Waals surface area contributed by atoms with Crippen LogP contribution in [0.4, 0.5) is 10.2 Å². The van der Waals surface area contributed by atoms with Gasteiger partial charge in [-0.1, -0.05) is 19.1 Å². The molecule has 0 spiro atoms. The molecule has 3 nitrogen and oxygen atoms in total. The molecule has 1 aromatic heterocycles. The van der Waals surface area contributed by atoms with Gasteiger partial charge in [-0.3, -0.25) is 0 Å². The summed E-state index contributed by atoms with van der Waals surface area (Å²) in [5.74, 6) is 1.12. The third-order valence-corrected chi connectivity index (χ3v) is 3.01. The maximum Gasteiger partial charge on any atom is 0.161 e. The normalized spacial score (nSPS) is 10.5. The molecule has 0 radical (unpaired) electrons. The summed E-state index contributed by atoms with van der Waals surface area (Å²) in [5.41, 5.74) is 2.75. The lowest BCUT2D eigenvalue weighted by atomic mass is 10.1. The summed E-state index contributed by atoms with van der Waals surface area (Å²) in [4.78, 5) is 9.02. The third kappa shape index (κ3) is 2.89. The zero-order valence-electron chi connectivity index (χ0n) is 11.5.